The van der Waals surface area contributed by atoms with Crippen molar-refractivity contribution in [2.45, 2.75) is 26.3 Å². The molecule has 0 bridgehead atoms. The summed E-state index contributed by atoms with van der Waals surface area (Å²) in [7, 11) is 1.65. The number of ether oxygens (including phenoxy) is 1. The fourth-order valence-corrected chi connectivity index (χ4v) is 3.61. The standard InChI is InChI=1S/C22H23Cl2N3O3/c1-4-11-27(20(28)13-30-17-8-5-15(23)6-9-17)14(2)21-25-19-10-7-16(24)12-18(19)22(29)26(21)3/h5-10,12,14H,4,11,13H2,1-3H3. The van der Waals surface area contributed by atoms with Crippen LogP contribution in [0, 0.1) is 0 Å². The third-order valence-corrected chi connectivity index (χ3v) is 5.36. The molecular formula is C22H23Cl2N3O3. The van der Waals surface area contributed by atoms with Gasteiger partial charge in [0.1, 0.15) is 11.6 Å². The molecule has 3 aromatic rings. The van der Waals surface area contributed by atoms with Crippen molar-refractivity contribution in [3.63, 3.8) is 0 Å². The minimum absolute atomic E-state index is 0.122. The van der Waals surface area contributed by atoms with Crippen LogP contribution in [0.1, 0.15) is 32.1 Å². The zero-order chi connectivity index (χ0) is 21.8. The maximum Gasteiger partial charge on any atom is 0.261 e. The molecule has 1 unspecified atom stereocenters. The molecule has 3 rings (SSSR count). The average Bonchev–Trinajstić information content (AvgIpc) is 2.74. The molecule has 0 radical (unpaired) electrons. The fraction of sp³-hybridized carbons (Fsp3) is 0.318. The Morgan fingerprint density at radius 2 is 1.83 bits per heavy atom. The minimum atomic E-state index is -0.413. The molecule has 1 atom stereocenters. The van der Waals surface area contributed by atoms with E-state index in [0.717, 1.165) is 6.42 Å². The number of rotatable bonds is 7. The van der Waals surface area contributed by atoms with Crippen molar-refractivity contribution in [2.24, 2.45) is 7.05 Å². The first-order valence-electron chi connectivity index (χ1n) is 9.65. The summed E-state index contributed by atoms with van der Waals surface area (Å²) in [4.78, 5) is 32.1. The average molecular weight is 448 g/mol. The number of hydrogen-bond acceptors (Lipinski definition) is 4. The highest BCUT2D eigenvalue weighted by molar-refractivity contribution is 6.31. The Morgan fingerprint density at radius 1 is 1.17 bits per heavy atom. The molecule has 1 aromatic heterocycles. The van der Waals surface area contributed by atoms with Gasteiger partial charge in [0, 0.05) is 23.6 Å². The van der Waals surface area contributed by atoms with E-state index in [1.54, 1.807) is 54.4 Å². The fourth-order valence-electron chi connectivity index (χ4n) is 3.31. The molecule has 0 aliphatic heterocycles. The largest absolute Gasteiger partial charge is 0.484 e. The first-order chi connectivity index (χ1) is 14.3. The number of halogens is 2. The molecule has 0 saturated carbocycles. The zero-order valence-corrected chi connectivity index (χ0v) is 18.6. The number of benzene rings is 2. The van der Waals surface area contributed by atoms with E-state index in [1.165, 1.54) is 4.57 Å². The number of fused-ring (bicyclic) bond motifs is 1. The van der Waals surface area contributed by atoms with Crippen LogP contribution in [0.5, 0.6) is 5.75 Å². The number of amides is 1. The van der Waals surface area contributed by atoms with Gasteiger partial charge < -0.3 is 9.64 Å². The van der Waals surface area contributed by atoms with Crippen LogP contribution in [-0.4, -0.2) is 33.5 Å². The summed E-state index contributed by atoms with van der Waals surface area (Å²) in [6.45, 7) is 4.24. The van der Waals surface area contributed by atoms with Crippen LogP contribution in [0.2, 0.25) is 10.0 Å². The molecule has 2 aromatic carbocycles. The van der Waals surface area contributed by atoms with Gasteiger partial charge >= 0.3 is 0 Å². The molecule has 1 heterocycles. The van der Waals surface area contributed by atoms with Crippen LogP contribution in [0.4, 0.5) is 0 Å². The molecule has 30 heavy (non-hydrogen) atoms. The van der Waals surface area contributed by atoms with E-state index in [9.17, 15) is 9.59 Å². The first-order valence-corrected chi connectivity index (χ1v) is 10.4. The minimum Gasteiger partial charge on any atom is -0.484 e. The SMILES string of the molecule is CCCN(C(=O)COc1ccc(Cl)cc1)C(C)c1nc2ccc(Cl)cc2c(=O)n1C. The molecule has 0 aliphatic rings. The third kappa shape index (κ3) is 4.77. The molecule has 0 N–H and O–H groups in total. The van der Waals surface area contributed by atoms with Gasteiger partial charge in [0.25, 0.3) is 11.5 Å². The Bertz CT molecular complexity index is 1110. The molecule has 0 fully saturated rings. The van der Waals surface area contributed by atoms with Crippen LogP contribution in [0.15, 0.2) is 47.3 Å². The molecule has 0 spiro atoms. The quantitative estimate of drug-likeness (QED) is 0.529. The molecule has 8 heteroatoms. The summed E-state index contributed by atoms with van der Waals surface area (Å²) in [5.41, 5.74) is 0.344. The van der Waals surface area contributed by atoms with Crippen molar-refractivity contribution in [2.75, 3.05) is 13.2 Å². The number of carbonyl (C=O) groups excluding carboxylic acids is 1. The second-order valence-electron chi connectivity index (χ2n) is 7.00. The second-order valence-corrected chi connectivity index (χ2v) is 7.87. The highest BCUT2D eigenvalue weighted by atomic mass is 35.5. The summed E-state index contributed by atoms with van der Waals surface area (Å²) in [6, 6.07) is 11.4. The van der Waals surface area contributed by atoms with Gasteiger partial charge in [0.05, 0.1) is 16.9 Å². The van der Waals surface area contributed by atoms with Gasteiger partial charge in [-0.15, -0.1) is 0 Å². The zero-order valence-electron chi connectivity index (χ0n) is 17.1. The van der Waals surface area contributed by atoms with E-state index < -0.39 is 6.04 Å². The summed E-state index contributed by atoms with van der Waals surface area (Å²) >= 11 is 11.9. The van der Waals surface area contributed by atoms with Crippen molar-refractivity contribution in [3.8, 4) is 5.75 Å². The van der Waals surface area contributed by atoms with E-state index in [2.05, 4.69) is 4.98 Å². The summed E-state index contributed by atoms with van der Waals surface area (Å²) in [5, 5.41) is 1.52. The third-order valence-electron chi connectivity index (χ3n) is 4.87. The van der Waals surface area contributed by atoms with Crippen molar-refractivity contribution in [1.82, 2.24) is 14.5 Å². The topological polar surface area (TPSA) is 64.4 Å². The number of carbonyl (C=O) groups is 1. The van der Waals surface area contributed by atoms with Gasteiger partial charge in [-0.1, -0.05) is 30.1 Å². The van der Waals surface area contributed by atoms with Crippen LogP contribution >= 0.6 is 23.2 Å². The maximum atomic E-state index is 12.9. The Kier molecular flexibility index (Phi) is 7.00. The molecule has 1 amide bonds. The number of aromatic nitrogens is 2. The Labute approximate surface area is 185 Å². The Hall–Kier alpha value is -2.57. The summed E-state index contributed by atoms with van der Waals surface area (Å²) in [5.74, 6) is 0.873. The van der Waals surface area contributed by atoms with Crippen molar-refractivity contribution in [3.05, 3.63) is 68.7 Å². The molecule has 0 saturated heterocycles. The van der Waals surface area contributed by atoms with Crippen LogP contribution in [-0.2, 0) is 11.8 Å². The van der Waals surface area contributed by atoms with Crippen LogP contribution in [0.3, 0.4) is 0 Å². The van der Waals surface area contributed by atoms with Gasteiger partial charge in [-0.3, -0.25) is 14.2 Å². The highest BCUT2D eigenvalue weighted by Crippen LogP contribution is 2.22. The lowest BCUT2D eigenvalue weighted by Crippen LogP contribution is -2.40. The van der Waals surface area contributed by atoms with Crippen molar-refractivity contribution in [1.29, 1.82) is 0 Å². The van der Waals surface area contributed by atoms with Crippen LogP contribution < -0.4 is 10.3 Å². The smallest absolute Gasteiger partial charge is 0.261 e. The van der Waals surface area contributed by atoms with Gasteiger partial charge in [-0.25, -0.2) is 4.98 Å². The van der Waals surface area contributed by atoms with E-state index >= 15 is 0 Å². The summed E-state index contributed by atoms with van der Waals surface area (Å²) in [6.07, 6.45) is 0.758. The first kappa shape index (κ1) is 22.1. The predicted molar refractivity (Wildman–Crippen MR) is 119 cm³/mol. The maximum absolute atomic E-state index is 12.9. The van der Waals surface area contributed by atoms with E-state index in [4.69, 9.17) is 27.9 Å². The predicted octanol–water partition coefficient (Wildman–Crippen LogP) is 4.62. The van der Waals surface area contributed by atoms with Gasteiger partial charge in [0.2, 0.25) is 0 Å². The lowest BCUT2D eigenvalue weighted by atomic mass is 10.2. The molecule has 6 nitrogen and oxygen atoms in total. The number of nitrogens with zero attached hydrogens (tertiary/aromatic N) is 3. The van der Waals surface area contributed by atoms with Gasteiger partial charge in [-0.2, -0.15) is 0 Å². The van der Waals surface area contributed by atoms with Gasteiger partial charge in [0.15, 0.2) is 6.61 Å². The van der Waals surface area contributed by atoms with Crippen LogP contribution in [0.25, 0.3) is 10.9 Å². The van der Waals surface area contributed by atoms with E-state index in [-0.39, 0.29) is 18.1 Å². The normalized spacial score (nSPS) is 12.0. The monoisotopic (exact) mass is 447 g/mol. The van der Waals surface area contributed by atoms with E-state index in [1.807, 2.05) is 13.8 Å². The Morgan fingerprint density at radius 3 is 2.50 bits per heavy atom. The molecular weight excluding hydrogens is 425 g/mol. The summed E-state index contributed by atoms with van der Waals surface area (Å²) < 4.78 is 7.09. The Balaban J connectivity index is 1.87. The lowest BCUT2D eigenvalue weighted by molar-refractivity contribution is -0.135. The molecule has 158 valence electrons. The van der Waals surface area contributed by atoms with Crippen molar-refractivity contribution < 1.29 is 9.53 Å². The molecule has 0 aliphatic carbocycles. The van der Waals surface area contributed by atoms with Gasteiger partial charge in [-0.05, 0) is 55.8 Å². The second kappa shape index (κ2) is 9.49. The number of hydrogen-bond donors (Lipinski definition) is 0. The highest BCUT2D eigenvalue weighted by Gasteiger charge is 2.25. The van der Waals surface area contributed by atoms with E-state index in [0.29, 0.717) is 39.1 Å². The van der Waals surface area contributed by atoms with Crippen molar-refractivity contribution >= 4 is 40.0 Å². The lowest BCUT2D eigenvalue weighted by Gasteiger charge is -2.29.